The van der Waals surface area contributed by atoms with Crippen molar-refractivity contribution in [3.05, 3.63) is 12.2 Å². The maximum Gasteiger partial charge on any atom is 0.0537 e. The van der Waals surface area contributed by atoms with E-state index in [4.69, 9.17) is 0 Å². The minimum atomic E-state index is 0.0389. The average molecular weight is 195 g/mol. The monoisotopic (exact) mass is 195 g/mol. The molecule has 14 heavy (non-hydrogen) atoms. The molecule has 2 rings (SSSR count). The van der Waals surface area contributed by atoms with Crippen LogP contribution in [0.1, 0.15) is 26.2 Å². The number of aliphatic hydroxyl groups is 1. The Morgan fingerprint density at radius 1 is 1.64 bits per heavy atom. The normalized spacial score (nSPS) is 38.7. The molecule has 1 saturated heterocycles. The molecular formula is C12H21NO. The Morgan fingerprint density at radius 2 is 2.43 bits per heavy atom. The van der Waals surface area contributed by atoms with Crippen LogP contribution < -0.4 is 0 Å². The molecule has 0 radical (unpaired) electrons. The van der Waals surface area contributed by atoms with E-state index in [-0.39, 0.29) is 5.41 Å². The van der Waals surface area contributed by atoms with Crippen molar-refractivity contribution in [2.45, 2.75) is 26.2 Å². The SMILES string of the molecule is C=C1[C@H]2CCC[C@]1(CO)CN(CC)C2. The molecule has 2 bridgehead atoms. The summed E-state index contributed by atoms with van der Waals surface area (Å²) in [7, 11) is 0. The summed E-state index contributed by atoms with van der Waals surface area (Å²) in [5.74, 6) is 0.643. The molecule has 2 fully saturated rings. The Balaban J connectivity index is 2.22. The first-order valence-electron chi connectivity index (χ1n) is 5.74. The number of rotatable bonds is 2. The van der Waals surface area contributed by atoms with Crippen LogP contribution in [0.2, 0.25) is 0 Å². The first-order chi connectivity index (χ1) is 6.72. The molecule has 1 saturated carbocycles. The molecule has 0 aromatic rings. The minimum Gasteiger partial charge on any atom is -0.395 e. The highest BCUT2D eigenvalue weighted by Crippen LogP contribution is 2.46. The molecule has 0 amide bonds. The van der Waals surface area contributed by atoms with Gasteiger partial charge in [-0.1, -0.05) is 25.5 Å². The Hall–Kier alpha value is -0.340. The van der Waals surface area contributed by atoms with Gasteiger partial charge in [-0.2, -0.15) is 0 Å². The molecule has 0 aromatic carbocycles. The molecule has 0 spiro atoms. The largest absolute Gasteiger partial charge is 0.395 e. The highest BCUT2D eigenvalue weighted by Gasteiger charge is 2.44. The fourth-order valence-corrected chi connectivity index (χ4v) is 3.11. The lowest BCUT2D eigenvalue weighted by molar-refractivity contribution is 0.0275. The Kier molecular flexibility index (Phi) is 2.67. The maximum atomic E-state index is 9.59. The smallest absolute Gasteiger partial charge is 0.0537 e. The van der Waals surface area contributed by atoms with Crippen LogP contribution in [0.15, 0.2) is 12.2 Å². The zero-order chi connectivity index (χ0) is 10.2. The zero-order valence-electron chi connectivity index (χ0n) is 9.13. The third-order valence-corrected chi connectivity index (χ3v) is 4.14. The molecule has 1 heterocycles. The van der Waals surface area contributed by atoms with E-state index in [0.717, 1.165) is 26.1 Å². The number of piperidine rings is 1. The summed E-state index contributed by atoms with van der Waals surface area (Å²) in [4.78, 5) is 2.47. The van der Waals surface area contributed by atoms with Crippen LogP contribution in [0.5, 0.6) is 0 Å². The van der Waals surface area contributed by atoms with E-state index in [1.165, 1.54) is 18.4 Å². The van der Waals surface area contributed by atoms with Crippen LogP contribution in [0.4, 0.5) is 0 Å². The van der Waals surface area contributed by atoms with Gasteiger partial charge < -0.3 is 10.0 Å². The lowest BCUT2D eigenvalue weighted by Crippen LogP contribution is -2.52. The van der Waals surface area contributed by atoms with E-state index >= 15 is 0 Å². The van der Waals surface area contributed by atoms with Gasteiger partial charge in [-0.05, 0) is 25.3 Å². The third-order valence-electron chi connectivity index (χ3n) is 4.14. The summed E-state index contributed by atoms with van der Waals surface area (Å²) in [6, 6.07) is 0. The van der Waals surface area contributed by atoms with Crippen molar-refractivity contribution >= 4 is 0 Å². The quantitative estimate of drug-likeness (QED) is 0.677. The predicted octanol–water partition coefficient (Wildman–Crippen LogP) is 1.66. The number of hydrogen-bond donors (Lipinski definition) is 1. The van der Waals surface area contributed by atoms with Crippen molar-refractivity contribution in [1.29, 1.82) is 0 Å². The van der Waals surface area contributed by atoms with Gasteiger partial charge in [0.2, 0.25) is 0 Å². The van der Waals surface area contributed by atoms with Crippen molar-refractivity contribution in [1.82, 2.24) is 4.90 Å². The van der Waals surface area contributed by atoms with Gasteiger partial charge in [0.15, 0.2) is 0 Å². The zero-order valence-corrected chi connectivity index (χ0v) is 9.13. The van der Waals surface area contributed by atoms with Gasteiger partial charge >= 0.3 is 0 Å². The first kappa shape index (κ1) is 10.2. The third kappa shape index (κ3) is 1.41. The van der Waals surface area contributed by atoms with Crippen LogP contribution >= 0.6 is 0 Å². The molecule has 1 N–H and O–H groups in total. The molecule has 1 aliphatic carbocycles. The average Bonchev–Trinajstić information content (AvgIpc) is 2.18. The van der Waals surface area contributed by atoms with E-state index in [0.29, 0.717) is 12.5 Å². The van der Waals surface area contributed by atoms with E-state index in [9.17, 15) is 5.11 Å². The summed E-state index contributed by atoms with van der Waals surface area (Å²) < 4.78 is 0. The topological polar surface area (TPSA) is 23.5 Å². The summed E-state index contributed by atoms with van der Waals surface area (Å²) >= 11 is 0. The summed E-state index contributed by atoms with van der Waals surface area (Å²) in [6.45, 7) is 10.0. The summed E-state index contributed by atoms with van der Waals surface area (Å²) in [6.07, 6.45) is 3.67. The van der Waals surface area contributed by atoms with Crippen LogP contribution in [-0.2, 0) is 0 Å². The fraction of sp³-hybridized carbons (Fsp3) is 0.833. The Morgan fingerprint density at radius 3 is 3.07 bits per heavy atom. The van der Waals surface area contributed by atoms with Crippen LogP contribution in [0.3, 0.4) is 0 Å². The van der Waals surface area contributed by atoms with Crippen molar-refractivity contribution < 1.29 is 5.11 Å². The first-order valence-corrected chi connectivity index (χ1v) is 5.74. The molecule has 80 valence electrons. The molecule has 1 aliphatic heterocycles. The van der Waals surface area contributed by atoms with Gasteiger partial charge in [0.1, 0.15) is 0 Å². The van der Waals surface area contributed by atoms with Crippen molar-refractivity contribution in [3.63, 3.8) is 0 Å². The van der Waals surface area contributed by atoms with Crippen molar-refractivity contribution in [3.8, 4) is 0 Å². The van der Waals surface area contributed by atoms with E-state index in [1.54, 1.807) is 0 Å². The Labute approximate surface area is 86.6 Å². The van der Waals surface area contributed by atoms with Crippen LogP contribution in [-0.4, -0.2) is 36.2 Å². The molecule has 2 atom stereocenters. The van der Waals surface area contributed by atoms with Gasteiger partial charge in [0.25, 0.3) is 0 Å². The number of hydrogen-bond acceptors (Lipinski definition) is 2. The van der Waals surface area contributed by atoms with E-state index in [2.05, 4.69) is 18.4 Å². The van der Waals surface area contributed by atoms with Gasteiger partial charge in [-0.15, -0.1) is 0 Å². The molecule has 2 heteroatoms. The van der Waals surface area contributed by atoms with Crippen LogP contribution in [0, 0.1) is 11.3 Å². The summed E-state index contributed by atoms with van der Waals surface area (Å²) in [5.41, 5.74) is 1.37. The Bertz CT molecular complexity index is 238. The highest BCUT2D eigenvalue weighted by molar-refractivity contribution is 5.21. The molecule has 0 unspecified atom stereocenters. The highest BCUT2D eigenvalue weighted by atomic mass is 16.3. The predicted molar refractivity (Wildman–Crippen MR) is 58.1 cm³/mol. The molecule has 0 aromatic heterocycles. The van der Waals surface area contributed by atoms with Crippen LogP contribution in [0.25, 0.3) is 0 Å². The van der Waals surface area contributed by atoms with Gasteiger partial charge in [-0.25, -0.2) is 0 Å². The number of nitrogens with zero attached hydrogens (tertiary/aromatic N) is 1. The standard InChI is InChI=1S/C12H21NO/c1-3-13-7-11-5-4-6-12(8-13,9-14)10(11)2/h11,14H,2-9H2,1H3/t11-,12+/m0/s1. The second kappa shape index (κ2) is 3.67. The number of aliphatic hydroxyl groups excluding tert-OH is 1. The van der Waals surface area contributed by atoms with E-state index in [1.807, 2.05) is 0 Å². The van der Waals surface area contributed by atoms with Gasteiger partial charge in [-0.3, -0.25) is 0 Å². The van der Waals surface area contributed by atoms with Crippen molar-refractivity contribution in [2.24, 2.45) is 11.3 Å². The number of fused-ring (bicyclic) bond motifs is 2. The van der Waals surface area contributed by atoms with Crippen molar-refractivity contribution in [2.75, 3.05) is 26.2 Å². The lowest BCUT2D eigenvalue weighted by Gasteiger charge is -2.50. The number of likely N-dealkylation sites (tertiary alicyclic amines) is 1. The lowest BCUT2D eigenvalue weighted by atomic mass is 9.64. The fourth-order valence-electron chi connectivity index (χ4n) is 3.11. The maximum absolute atomic E-state index is 9.59. The molecule has 2 nitrogen and oxygen atoms in total. The second-order valence-electron chi connectivity index (χ2n) is 4.88. The van der Waals surface area contributed by atoms with E-state index < -0.39 is 0 Å². The summed E-state index contributed by atoms with van der Waals surface area (Å²) in [5, 5.41) is 9.59. The minimum absolute atomic E-state index is 0.0389. The van der Waals surface area contributed by atoms with Gasteiger partial charge in [0, 0.05) is 18.5 Å². The molecular weight excluding hydrogens is 174 g/mol. The van der Waals surface area contributed by atoms with Gasteiger partial charge in [0.05, 0.1) is 6.61 Å². The second-order valence-corrected chi connectivity index (χ2v) is 4.88. The molecule has 2 aliphatic rings.